The number of rotatable bonds is 68. The molecule has 0 radical (unpaired) electrons. The number of aliphatic hydroxyl groups is 1. The number of phosphoric acid groups is 2. The molecule has 0 aromatic heterocycles. The van der Waals surface area contributed by atoms with E-state index in [2.05, 4.69) is 41.5 Å². The van der Waals surface area contributed by atoms with Gasteiger partial charge in [-0.05, 0) is 37.5 Å². The third kappa shape index (κ3) is 62.8. The predicted octanol–water partition coefficient (Wildman–Crippen LogP) is 19.6. The molecule has 0 bridgehead atoms. The number of aliphatic hydroxyl groups excluding tert-OH is 1. The highest BCUT2D eigenvalue weighted by atomic mass is 31.2. The van der Waals surface area contributed by atoms with Crippen LogP contribution in [0.3, 0.4) is 0 Å². The van der Waals surface area contributed by atoms with Crippen molar-refractivity contribution in [2.75, 3.05) is 39.6 Å². The van der Waals surface area contributed by atoms with Gasteiger partial charge in [-0.1, -0.05) is 298 Å². The van der Waals surface area contributed by atoms with Gasteiger partial charge < -0.3 is 33.8 Å². The van der Waals surface area contributed by atoms with Gasteiger partial charge in [0.2, 0.25) is 0 Å². The third-order valence-corrected chi connectivity index (χ3v) is 17.9. The van der Waals surface area contributed by atoms with E-state index < -0.39 is 97.5 Å². The quantitative estimate of drug-likeness (QED) is 0.0222. The SMILES string of the molecule is CCCCCCCCCCCCC(=O)O[C@H](COC(=O)CCCCCCC)COP(=O)(O)OC[C@H](O)COP(=O)(O)OC[C@@H](COC(=O)CCCCCCCCCCCC(C)C)OC(=O)CCCCCCCCCCCCCCCCCCCCC(C)C. The molecule has 0 spiro atoms. The van der Waals surface area contributed by atoms with E-state index in [-0.39, 0.29) is 25.7 Å². The molecule has 0 amide bonds. The van der Waals surface area contributed by atoms with Crippen molar-refractivity contribution in [3.05, 3.63) is 0 Å². The minimum atomic E-state index is -4.95. The van der Waals surface area contributed by atoms with Gasteiger partial charge in [0.15, 0.2) is 12.2 Å². The maximum Gasteiger partial charge on any atom is 0.472 e. The summed E-state index contributed by atoms with van der Waals surface area (Å²) in [6.07, 6.45) is 46.3. The Kier molecular flexibility index (Phi) is 59.9. The molecule has 0 fully saturated rings. The van der Waals surface area contributed by atoms with Crippen molar-refractivity contribution in [3.8, 4) is 0 Å². The molecule has 88 heavy (non-hydrogen) atoms. The molecule has 5 atom stereocenters. The lowest BCUT2D eigenvalue weighted by Crippen LogP contribution is -2.30. The van der Waals surface area contributed by atoms with Crippen LogP contribution in [0, 0.1) is 11.8 Å². The van der Waals surface area contributed by atoms with Crippen molar-refractivity contribution >= 4 is 39.5 Å². The summed E-state index contributed by atoms with van der Waals surface area (Å²) < 4.78 is 68.0. The zero-order chi connectivity index (χ0) is 65.0. The maximum atomic E-state index is 13.0. The molecule has 0 heterocycles. The Balaban J connectivity index is 5.10. The highest BCUT2D eigenvalue weighted by molar-refractivity contribution is 7.47. The third-order valence-electron chi connectivity index (χ3n) is 16.0. The molecule has 19 heteroatoms. The van der Waals surface area contributed by atoms with Crippen molar-refractivity contribution < 1.29 is 80.2 Å². The van der Waals surface area contributed by atoms with Gasteiger partial charge in [-0.25, -0.2) is 9.13 Å². The standard InChI is InChI=1S/C69H134O17P2/c1-7-9-11-13-14-15-29-35-41-47-53-68(73)85-64(57-79-66(71)51-45-37-12-10-8-2)59-83-87(75,76)81-55-63(70)56-82-88(77,78)84-60-65(58-80-67(72)52-46-40-34-31-26-28-33-39-44-50-62(5)6)86-69(74)54-48-42-36-30-25-23-21-19-17-16-18-20-22-24-27-32-38-43-49-61(3)4/h61-65,70H,7-60H2,1-6H3,(H,75,76)(H,77,78)/t63-,64+,65+/m0/s1. The Morgan fingerprint density at radius 2 is 0.523 bits per heavy atom. The summed E-state index contributed by atoms with van der Waals surface area (Å²) in [5.41, 5.74) is 0. The topological polar surface area (TPSA) is 237 Å². The van der Waals surface area contributed by atoms with Crippen LogP contribution in [0.4, 0.5) is 0 Å². The van der Waals surface area contributed by atoms with E-state index in [0.29, 0.717) is 25.7 Å². The van der Waals surface area contributed by atoms with Crippen LogP contribution in [0.2, 0.25) is 0 Å². The molecule has 0 saturated carbocycles. The summed E-state index contributed by atoms with van der Waals surface area (Å²) in [4.78, 5) is 72.1. The van der Waals surface area contributed by atoms with E-state index in [1.807, 2.05) is 0 Å². The first-order valence-corrected chi connectivity index (χ1v) is 39.0. The lowest BCUT2D eigenvalue weighted by molar-refractivity contribution is -0.161. The summed E-state index contributed by atoms with van der Waals surface area (Å²) >= 11 is 0. The highest BCUT2D eigenvalue weighted by Gasteiger charge is 2.30. The molecule has 0 aromatic rings. The minimum Gasteiger partial charge on any atom is -0.462 e. The zero-order valence-electron chi connectivity index (χ0n) is 57.0. The van der Waals surface area contributed by atoms with Crippen molar-refractivity contribution in [2.24, 2.45) is 11.8 Å². The largest absolute Gasteiger partial charge is 0.472 e. The average molecular weight is 1300 g/mol. The minimum absolute atomic E-state index is 0.105. The van der Waals surface area contributed by atoms with Crippen LogP contribution in [0.25, 0.3) is 0 Å². The smallest absolute Gasteiger partial charge is 0.462 e. The highest BCUT2D eigenvalue weighted by Crippen LogP contribution is 2.45. The van der Waals surface area contributed by atoms with Crippen LogP contribution in [-0.2, 0) is 65.4 Å². The van der Waals surface area contributed by atoms with E-state index in [9.17, 15) is 43.2 Å². The zero-order valence-corrected chi connectivity index (χ0v) is 58.8. The Bertz CT molecular complexity index is 1720. The number of esters is 4. The first kappa shape index (κ1) is 86.1. The fourth-order valence-corrected chi connectivity index (χ4v) is 12.0. The average Bonchev–Trinajstić information content (AvgIpc) is 3.55. The normalized spacial score (nSPS) is 14.2. The molecule has 0 rings (SSSR count). The van der Waals surface area contributed by atoms with Gasteiger partial charge in [-0.15, -0.1) is 0 Å². The van der Waals surface area contributed by atoms with Gasteiger partial charge in [-0.2, -0.15) is 0 Å². The number of unbranched alkanes of at least 4 members (excludes halogenated alkanes) is 38. The van der Waals surface area contributed by atoms with Crippen molar-refractivity contribution in [1.29, 1.82) is 0 Å². The molecule has 0 aromatic carbocycles. The van der Waals surface area contributed by atoms with Crippen LogP contribution in [0.5, 0.6) is 0 Å². The van der Waals surface area contributed by atoms with E-state index in [1.54, 1.807) is 0 Å². The Labute approximate surface area is 537 Å². The summed E-state index contributed by atoms with van der Waals surface area (Å²) in [6, 6.07) is 0. The van der Waals surface area contributed by atoms with Crippen LogP contribution >= 0.6 is 15.6 Å². The van der Waals surface area contributed by atoms with Crippen LogP contribution in [0.1, 0.15) is 350 Å². The van der Waals surface area contributed by atoms with Crippen molar-refractivity contribution in [2.45, 2.75) is 368 Å². The number of carbonyl (C=O) groups is 4. The molecule has 17 nitrogen and oxygen atoms in total. The van der Waals surface area contributed by atoms with Gasteiger partial charge in [0.05, 0.1) is 26.4 Å². The lowest BCUT2D eigenvalue weighted by atomic mass is 10.0. The summed E-state index contributed by atoms with van der Waals surface area (Å²) in [5, 5.41) is 10.5. The van der Waals surface area contributed by atoms with Crippen molar-refractivity contribution in [3.63, 3.8) is 0 Å². The van der Waals surface area contributed by atoms with E-state index in [1.165, 1.54) is 161 Å². The van der Waals surface area contributed by atoms with Crippen LogP contribution in [-0.4, -0.2) is 96.7 Å². The molecular weight excluding hydrogens is 1160 g/mol. The van der Waals surface area contributed by atoms with Gasteiger partial charge in [0, 0.05) is 25.7 Å². The van der Waals surface area contributed by atoms with E-state index in [0.717, 1.165) is 108 Å². The molecule has 2 unspecified atom stereocenters. The molecule has 0 aliphatic heterocycles. The monoisotopic (exact) mass is 1300 g/mol. The first-order valence-electron chi connectivity index (χ1n) is 36.0. The summed E-state index contributed by atoms with van der Waals surface area (Å²) in [5.74, 6) is -0.574. The van der Waals surface area contributed by atoms with E-state index in [4.69, 9.17) is 37.0 Å². The second kappa shape index (κ2) is 61.3. The number of phosphoric ester groups is 2. The summed E-state index contributed by atoms with van der Waals surface area (Å²) in [7, 11) is -9.88. The molecular formula is C69H134O17P2. The molecule has 0 aliphatic carbocycles. The van der Waals surface area contributed by atoms with Gasteiger partial charge in [-0.3, -0.25) is 37.3 Å². The Hall–Kier alpha value is -1.94. The fourth-order valence-electron chi connectivity index (χ4n) is 10.4. The van der Waals surface area contributed by atoms with Gasteiger partial charge in [0.1, 0.15) is 19.3 Å². The molecule has 0 saturated heterocycles. The number of carbonyl (C=O) groups excluding carboxylic acids is 4. The fraction of sp³-hybridized carbons (Fsp3) is 0.942. The molecule has 3 N–H and O–H groups in total. The second-order valence-corrected chi connectivity index (χ2v) is 28.8. The molecule has 0 aliphatic rings. The number of ether oxygens (including phenoxy) is 4. The van der Waals surface area contributed by atoms with Crippen molar-refractivity contribution in [1.82, 2.24) is 0 Å². The van der Waals surface area contributed by atoms with E-state index >= 15 is 0 Å². The summed E-state index contributed by atoms with van der Waals surface area (Å²) in [6.45, 7) is 9.46. The van der Waals surface area contributed by atoms with Crippen LogP contribution in [0.15, 0.2) is 0 Å². The Morgan fingerprint density at radius 3 is 0.773 bits per heavy atom. The predicted molar refractivity (Wildman–Crippen MR) is 354 cm³/mol. The second-order valence-electron chi connectivity index (χ2n) is 25.9. The molecule has 522 valence electrons. The maximum absolute atomic E-state index is 13.0. The Morgan fingerprint density at radius 1 is 0.307 bits per heavy atom. The van der Waals surface area contributed by atoms with Gasteiger partial charge in [0.25, 0.3) is 0 Å². The first-order chi connectivity index (χ1) is 42.4. The van der Waals surface area contributed by atoms with Crippen LogP contribution < -0.4 is 0 Å². The number of hydrogen-bond donors (Lipinski definition) is 3. The number of hydrogen-bond acceptors (Lipinski definition) is 15. The lowest BCUT2D eigenvalue weighted by Gasteiger charge is -2.21. The van der Waals surface area contributed by atoms with Gasteiger partial charge >= 0.3 is 39.5 Å².